The van der Waals surface area contributed by atoms with Crippen LogP contribution in [0.2, 0.25) is 0 Å². The number of aliphatic carboxylic acids is 1. The molecule has 5 rings (SSSR count). The number of rotatable bonds is 4. The molecule has 1 amide bonds. The average Bonchev–Trinajstić information content (AvgIpc) is 2.90. The van der Waals surface area contributed by atoms with E-state index in [9.17, 15) is 19.2 Å². The molecule has 9 atom stereocenters. The van der Waals surface area contributed by atoms with Gasteiger partial charge in [0.25, 0.3) is 0 Å². The van der Waals surface area contributed by atoms with Crippen LogP contribution in [0.15, 0.2) is 23.8 Å². The normalized spacial score (nSPS) is 45.9. The van der Waals surface area contributed by atoms with Gasteiger partial charge >= 0.3 is 11.9 Å². The molecular weight excluding hydrogens is 530 g/mol. The average molecular weight is 582 g/mol. The molecule has 5 aliphatic rings. The van der Waals surface area contributed by atoms with Gasteiger partial charge in [0.15, 0.2) is 5.78 Å². The first-order chi connectivity index (χ1) is 19.4. The summed E-state index contributed by atoms with van der Waals surface area (Å²) < 4.78 is 5.26. The predicted octanol–water partition coefficient (Wildman–Crippen LogP) is 6.27. The first kappa shape index (κ1) is 31.0. The van der Waals surface area contributed by atoms with Crippen LogP contribution in [-0.4, -0.2) is 41.9 Å². The molecule has 0 aromatic carbocycles. The van der Waals surface area contributed by atoms with Crippen LogP contribution >= 0.6 is 0 Å². The number of carbonyl (C=O) groups excluding carboxylic acids is 3. The highest BCUT2D eigenvalue weighted by Crippen LogP contribution is 2.75. The maximum atomic E-state index is 14.5. The lowest BCUT2D eigenvalue weighted by atomic mass is 9.33. The molecule has 5 aliphatic carbocycles. The van der Waals surface area contributed by atoms with Crippen LogP contribution in [-0.2, 0) is 23.9 Å². The Morgan fingerprint density at radius 3 is 2.24 bits per heavy atom. The fourth-order valence-corrected chi connectivity index (χ4v) is 11.2. The number of amides is 1. The summed E-state index contributed by atoms with van der Waals surface area (Å²) in [4.78, 5) is 50.9. The Morgan fingerprint density at radius 2 is 1.60 bits per heavy atom. The zero-order chi connectivity index (χ0) is 31.1. The Hall–Kier alpha value is -2.44. The standard InChI is InChI=1S/C35H51NO6/c1-30(2)24-11-14-35(7)28(33(24,5)13-12-25(30)36-26(38)9-10-27(39)40)23(37)19-21-22-20-32(4,29(41)42-8)16-15-31(22,3)17-18-34(21,35)6/h9-10,19,22,24-25,28H,11-18,20H2,1-8H3,(H,36,38)(H,39,40)/b10-9-/t22-,24-,25?,28+,31+,32-,33-,34+,35+/m0/s1. The summed E-state index contributed by atoms with van der Waals surface area (Å²) in [7, 11) is 1.48. The highest BCUT2D eigenvalue weighted by molar-refractivity contribution is 5.96. The van der Waals surface area contributed by atoms with E-state index in [4.69, 9.17) is 9.84 Å². The monoisotopic (exact) mass is 581 g/mol. The molecule has 0 radical (unpaired) electrons. The van der Waals surface area contributed by atoms with Crippen LogP contribution in [0, 0.1) is 50.2 Å². The third-order valence-electron chi connectivity index (χ3n) is 14.0. The molecule has 0 saturated heterocycles. The zero-order valence-corrected chi connectivity index (χ0v) is 26.9. The molecule has 4 fully saturated rings. The second kappa shape index (κ2) is 9.79. The summed E-state index contributed by atoms with van der Waals surface area (Å²) in [6.45, 7) is 16.0. The number of methoxy groups -OCH3 is 1. The first-order valence-electron chi connectivity index (χ1n) is 15.9. The number of nitrogens with one attached hydrogen (secondary N) is 1. The van der Waals surface area contributed by atoms with Crippen molar-refractivity contribution in [1.29, 1.82) is 0 Å². The maximum Gasteiger partial charge on any atom is 0.328 e. The molecular formula is C35H51NO6. The van der Waals surface area contributed by atoms with Crippen LogP contribution in [0.1, 0.15) is 106 Å². The molecule has 7 nitrogen and oxygen atoms in total. The molecule has 0 aliphatic heterocycles. The van der Waals surface area contributed by atoms with Crippen LogP contribution < -0.4 is 5.32 Å². The van der Waals surface area contributed by atoms with Crippen molar-refractivity contribution in [1.82, 2.24) is 5.32 Å². The van der Waals surface area contributed by atoms with Gasteiger partial charge in [-0.05, 0) is 110 Å². The molecule has 0 aromatic rings. The largest absolute Gasteiger partial charge is 0.478 e. The highest BCUT2D eigenvalue weighted by atomic mass is 16.5. The van der Waals surface area contributed by atoms with Gasteiger partial charge in [0, 0.05) is 24.1 Å². The summed E-state index contributed by atoms with van der Waals surface area (Å²) in [5.74, 6) is -1.11. The van der Waals surface area contributed by atoms with E-state index in [2.05, 4.69) is 46.9 Å². The van der Waals surface area contributed by atoms with Crippen molar-refractivity contribution in [2.45, 2.75) is 112 Å². The third-order valence-corrected chi connectivity index (χ3v) is 14.0. The molecule has 0 heterocycles. The van der Waals surface area contributed by atoms with Crippen molar-refractivity contribution < 1.29 is 29.0 Å². The molecule has 42 heavy (non-hydrogen) atoms. The fraction of sp³-hybridized carbons (Fsp3) is 0.771. The first-order valence-corrected chi connectivity index (χ1v) is 15.9. The second-order valence-corrected chi connectivity index (χ2v) is 16.3. The number of fused-ring (bicyclic) bond motifs is 7. The molecule has 0 spiro atoms. The van der Waals surface area contributed by atoms with Gasteiger partial charge in [-0.2, -0.15) is 0 Å². The molecule has 232 valence electrons. The SMILES string of the molecule is COC(=O)[C@@]1(C)CC[C@]2(C)CC[C@]3(C)C(=CC(=O)[C@@H]4[C@@]5(C)CCC(NC(=O)/C=C\C(=O)O)C(C)(C)[C@@H]5CC[C@]43C)[C@@H]2C1. The van der Waals surface area contributed by atoms with Crippen LogP contribution in [0.4, 0.5) is 0 Å². The Balaban J connectivity index is 1.50. The van der Waals surface area contributed by atoms with Crippen molar-refractivity contribution in [2.24, 2.45) is 50.2 Å². The molecule has 0 aromatic heterocycles. The maximum absolute atomic E-state index is 14.5. The second-order valence-electron chi connectivity index (χ2n) is 16.3. The number of hydrogen-bond donors (Lipinski definition) is 2. The van der Waals surface area contributed by atoms with Gasteiger partial charge in [0.1, 0.15) is 0 Å². The quantitative estimate of drug-likeness (QED) is 0.299. The lowest BCUT2D eigenvalue weighted by Gasteiger charge is -2.70. The molecule has 1 unspecified atom stereocenters. The Bertz CT molecular complexity index is 1270. The number of allylic oxidation sites excluding steroid dienone is 2. The third kappa shape index (κ3) is 4.26. The van der Waals surface area contributed by atoms with Gasteiger partial charge in [0.2, 0.25) is 5.91 Å². The van der Waals surface area contributed by atoms with Crippen molar-refractivity contribution >= 4 is 23.6 Å². The lowest BCUT2D eigenvalue weighted by molar-refractivity contribution is -0.190. The Kier molecular flexibility index (Phi) is 7.22. The van der Waals surface area contributed by atoms with E-state index in [1.165, 1.54) is 12.7 Å². The zero-order valence-electron chi connectivity index (χ0n) is 26.9. The van der Waals surface area contributed by atoms with Gasteiger partial charge in [-0.1, -0.05) is 47.1 Å². The van der Waals surface area contributed by atoms with Crippen LogP contribution in [0.5, 0.6) is 0 Å². The summed E-state index contributed by atoms with van der Waals surface area (Å²) in [5, 5.41) is 12.0. The van der Waals surface area contributed by atoms with E-state index >= 15 is 0 Å². The number of carbonyl (C=O) groups is 4. The van der Waals surface area contributed by atoms with E-state index < -0.39 is 11.4 Å². The number of hydrogen-bond acceptors (Lipinski definition) is 5. The number of esters is 1. The minimum absolute atomic E-state index is 0.0802. The van der Waals surface area contributed by atoms with E-state index in [1.54, 1.807) is 0 Å². The Labute approximate surface area is 251 Å². The fourth-order valence-electron chi connectivity index (χ4n) is 11.2. The number of carboxylic acid groups (broad SMARTS) is 1. The molecule has 7 heteroatoms. The van der Waals surface area contributed by atoms with Gasteiger partial charge in [-0.15, -0.1) is 0 Å². The molecule has 0 bridgehead atoms. The van der Waals surface area contributed by atoms with Gasteiger partial charge in [0.05, 0.1) is 12.5 Å². The number of ketones is 1. The Morgan fingerprint density at radius 1 is 0.929 bits per heavy atom. The minimum atomic E-state index is -1.14. The molecule has 4 saturated carbocycles. The van der Waals surface area contributed by atoms with Gasteiger partial charge in [-0.3, -0.25) is 14.4 Å². The minimum Gasteiger partial charge on any atom is -0.478 e. The summed E-state index contributed by atoms with van der Waals surface area (Å²) in [5.41, 5.74) is 0.0206. The predicted molar refractivity (Wildman–Crippen MR) is 160 cm³/mol. The van der Waals surface area contributed by atoms with Crippen molar-refractivity contribution in [3.8, 4) is 0 Å². The molecule has 2 N–H and O–H groups in total. The van der Waals surface area contributed by atoms with E-state index in [0.29, 0.717) is 0 Å². The summed E-state index contributed by atoms with van der Waals surface area (Å²) in [6, 6.07) is -0.0973. The summed E-state index contributed by atoms with van der Waals surface area (Å²) >= 11 is 0. The highest BCUT2D eigenvalue weighted by Gasteiger charge is 2.70. The van der Waals surface area contributed by atoms with Crippen molar-refractivity contribution in [2.75, 3.05) is 7.11 Å². The smallest absolute Gasteiger partial charge is 0.328 e. The topological polar surface area (TPSA) is 110 Å². The van der Waals surface area contributed by atoms with E-state index in [0.717, 1.165) is 69.9 Å². The van der Waals surface area contributed by atoms with Crippen molar-refractivity contribution in [3.63, 3.8) is 0 Å². The van der Waals surface area contributed by atoms with Crippen LogP contribution in [0.25, 0.3) is 0 Å². The number of ether oxygens (including phenoxy) is 1. The van der Waals surface area contributed by atoms with E-state index in [1.807, 2.05) is 13.0 Å². The van der Waals surface area contributed by atoms with Gasteiger partial charge < -0.3 is 15.2 Å². The van der Waals surface area contributed by atoms with E-state index in [-0.39, 0.29) is 68.5 Å². The summed E-state index contributed by atoms with van der Waals surface area (Å²) in [6.07, 6.45) is 12.2. The number of carboxylic acids is 1. The van der Waals surface area contributed by atoms with Gasteiger partial charge in [-0.25, -0.2) is 4.79 Å². The van der Waals surface area contributed by atoms with Crippen molar-refractivity contribution in [3.05, 3.63) is 23.8 Å². The lowest BCUT2D eigenvalue weighted by Crippen LogP contribution is -2.67. The van der Waals surface area contributed by atoms with Crippen LogP contribution in [0.3, 0.4) is 0 Å².